The van der Waals surface area contributed by atoms with Crippen molar-refractivity contribution in [1.82, 2.24) is 14.5 Å². The van der Waals surface area contributed by atoms with Crippen molar-refractivity contribution in [3.05, 3.63) is 99.5 Å². The van der Waals surface area contributed by atoms with Crippen molar-refractivity contribution in [2.24, 2.45) is 0 Å². The Labute approximate surface area is 247 Å². The van der Waals surface area contributed by atoms with Crippen LogP contribution in [0.3, 0.4) is 0 Å². The van der Waals surface area contributed by atoms with E-state index in [2.05, 4.69) is 5.32 Å². The Morgan fingerprint density at radius 3 is 2.10 bits per heavy atom. The number of carbonyl (C=O) groups excluding carboxylic acids is 2. The Hall–Kier alpha value is -2.91. The highest BCUT2D eigenvalue weighted by atomic mass is 35.5. The highest BCUT2D eigenvalue weighted by molar-refractivity contribution is 7.89. The van der Waals surface area contributed by atoms with E-state index in [1.807, 2.05) is 51.1 Å². The molecule has 3 aromatic carbocycles. The van der Waals surface area contributed by atoms with Crippen LogP contribution in [0.1, 0.15) is 37.0 Å². The molecule has 214 valence electrons. The average molecular weight is 605 g/mol. The van der Waals surface area contributed by atoms with Gasteiger partial charge in [0.15, 0.2) is 0 Å². The topological polar surface area (TPSA) is 86.8 Å². The van der Waals surface area contributed by atoms with E-state index >= 15 is 0 Å². The molecule has 0 aromatic heterocycles. The van der Waals surface area contributed by atoms with Crippen molar-refractivity contribution in [3.63, 3.8) is 0 Å². The largest absolute Gasteiger partial charge is 0.352 e. The van der Waals surface area contributed by atoms with Crippen LogP contribution in [0, 0.1) is 6.92 Å². The van der Waals surface area contributed by atoms with Gasteiger partial charge in [-0.2, -0.15) is 4.31 Å². The molecule has 10 heteroatoms. The summed E-state index contributed by atoms with van der Waals surface area (Å²) in [6, 6.07) is 19.7. The lowest BCUT2D eigenvalue weighted by Crippen LogP contribution is -2.54. The molecule has 40 heavy (non-hydrogen) atoms. The lowest BCUT2D eigenvalue weighted by Gasteiger charge is -2.33. The van der Waals surface area contributed by atoms with Crippen LogP contribution in [-0.4, -0.2) is 55.1 Å². The average Bonchev–Trinajstić information content (AvgIpc) is 2.92. The maximum absolute atomic E-state index is 14.0. The zero-order chi connectivity index (χ0) is 29.4. The molecule has 0 unspecified atom stereocenters. The molecular formula is C30H35Cl2N3O4S. The minimum Gasteiger partial charge on any atom is -0.352 e. The predicted molar refractivity (Wildman–Crippen MR) is 160 cm³/mol. The molecule has 0 radical (unpaired) electrons. The van der Waals surface area contributed by atoms with E-state index in [0.717, 1.165) is 15.4 Å². The van der Waals surface area contributed by atoms with Crippen molar-refractivity contribution >= 4 is 45.0 Å². The van der Waals surface area contributed by atoms with Gasteiger partial charge in [-0.25, -0.2) is 8.42 Å². The normalized spacial score (nSPS) is 13.1. The molecule has 0 aliphatic rings. The number of benzene rings is 3. The van der Waals surface area contributed by atoms with Gasteiger partial charge in [0.25, 0.3) is 0 Å². The fraction of sp³-hybridized carbons (Fsp3) is 0.333. The highest BCUT2D eigenvalue weighted by Gasteiger charge is 2.34. The van der Waals surface area contributed by atoms with Crippen molar-refractivity contribution in [1.29, 1.82) is 0 Å². The van der Waals surface area contributed by atoms with Crippen LogP contribution >= 0.6 is 23.2 Å². The number of sulfonamides is 1. The van der Waals surface area contributed by atoms with E-state index < -0.39 is 28.5 Å². The first kappa shape index (κ1) is 31.6. The second-order valence-electron chi connectivity index (χ2n) is 9.82. The van der Waals surface area contributed by atoms with Gasteiger partial charge in [0.05, 0.1) is 11.4 Å². The number of likely N-dealkylation sites (N-methyl/N-ethyl adjacent to an activating group) is 1. The zero-order valence-electron chi connectivity index (χ0n) is 23.1. The summed E-state index contributed by atoms with van der Waals surface area (Å²) < 4.78 is 27.6. The summed E-state index contributed by atoms with van der Waals surface area (Å²) >= 11 is 12.9. The van der Waals surface area contributed by atoms with Crippen molar-refractivity contribution in [2.45, 2.75) is 57.1 Å². The van der Waals surface area contributed by atoms with Gasteiger partial charge in [-0.15, -0.1) is 0 Å². The first-order chi connectivity index (χ1) is 18.9. The standard InChI is InChI=1S/C30H35Cl2N3O4S/c1-5-22(3)33-30(37)28(18-23-10-7-6-8-11-23)35(19-25-26(31)12-9-13-27(25)32)29(36)20-34(4)40(38,39)24-16-14-21(2)15-17-24/h6-17,22,28H,5,18-20H2,1-4H3,(H,33,37)/t22-,28-/m1/s1. The monoisotopic (exact) mass is 603 g/mol. The Morgan fingerprint density at radius 1 is 0.925 bits per heavy atom. The summed E-state index contributed by atoms with van der Waals surface area (Å²) in [5.41, 5.74) is 2.23. The summed E-state index contributed by atoms with van der Waals surface area (Å²) in [4.78, 5) is 29.1. The smallest absolute Gasteiger partial charge is 0.243 e. The Morgan fingerprint density at radius 2 is 1.52 bits per heavy atom. The third-order valence-corrected chi connectivity index (χ3v) is 9.28. The molecule has 0 aliphatic carbocycles. The van der Waals surface area contributed by atoms with Crippen LogP contribution in [0.2, 0.25) is 10.0 Å². The predicted octanol–water partition coefficient (Wildman–Crippen LogP) is 5.48. The molecular weight excluding hydrogens is 569 g/mol. The third kappa shape index (κ3) is 8.07. The van der Waals surface area contributed by atoms with Crippen molar-refractivity contribution in [2.75, 3.05) is 13.6 Å². The molecule has 3 aromatic rings. The number of amides is 2. The van der Waals surface area contributed by atoms with Gasteiger partial charge in [-0.05, 0) is 50.1 Å². The maximum atomic E-state index is 14.0. The van der Waals surface area contributed by atoms with E-state index in [-0.39, 0.29) is 29.8 Å². The molecule has 0 bridgehead atoms. The molecule has 3 rings (SSSR count). The molecule has 0 spiro atoms. The molecule has 0 heterocycles. The minimum absolute atomic E-state index is 0.0736. The molecule has 0 saturated carbocycles. The maximum Gasteiger partial charge on any atom is 0.243 e. The van der Waals surface area contributed by atoms with E-state index in [9.17, 15) is 18.0 Å². The number of nitrogens with one attached hydrogen (secondary N) is 1. The number of halogens is 2. The van der Waals surface area contributed by atoms with Crippen molar-refractivity contribution < 1.29 is 18.0 Å². The van der Waals surface area contributed by atoms with Crippen LogP contribution in [0.4, 0.5) is 0 Å². The third-order valence-electron chi connectivity index (χ3n) is 6.75. The van der Waals surface area contributed by atoms with Crippen LogP contribution in [0.5, 0.6) is 0 Å². The van der Waals surface area contributed by atoms with Crippen LogP contribution < -0.4 is 5.32 Å². The number of nitrogens with zero attached hydrogens (tertiary/aromatic N) is 2. The van der Waals surface area contributed by atoms with E-state index in [0.29, 0.717) is 22.0 Å². The Kier molecular flexibility index (Phi) is 11.2. The van der Waals surface area contributed by atoms with E-state index in [1.165, 1.54) is 24.1 Å². The molecule has 2 atom stereocenters. The summed E-state index contributed by atoms with van der Waals surface area (Å²) in [7, 11) is -2.62. The van der Waals surface area contributed by atoms with Crippen molar-refractivity contribution in [3.8, 4) is 0 Å². The summed E-state index contributed by atoms with van der Waals surface area (Å²) in [5.74, 6) is -0.909. The second-order valence-corrected chi connectivity index (χ2v) is 12.7. The first-order valence-corrected chi connectivity index (χ1v) is 15.2. The molecule has 2 amide bonds. The minimum atomic E-state index is -3.97. The molecule has 7 nitrogen and oxygen atoms in total. The summed E-state index contributed by atoms with van der Waals surface area (Å²) in [6.07, 6.45) is 0.914. The Balaban J connectivity index is 2.02. The molecule has 0 fully saturated rings. The lowest BCUT2D eigenvalue weighted by atomic mass is 10.0. The van der Waals surface area contributed by atoms with Crippen LogP contribution in [0.15, 0.2) is 77.7 Å². The van der Waals surface area contributed by atoms with Gasteiger partial charge >= 0.3 is 0 Å². The first-order valence-electron chi connectivity index (χ1n) is 13.0. The lowest BCUT2D eigenvalue weighted by molar-refractivity contribution is -0.141. The molecule has 1 N–H and O–H groups in total. The van der Waals surface area contributed by atoms with Gasteiger partial charge < -0.3 is 10.2 Å². The van der Waals surface area contributed by atoms with Gasteiger partial charge in [0.1, 0.15) is 6.04 Å². The van der Waals surface area contributed by atoms with E-state index in [1.54, 1.807) is 30.3 Å². The van der Waals surface area contributed by atoms with E-state index in [4.69, 9.17) is 23.2 Å². The van der Waals surface area contributed by atoms with Gasteiger partial charge in [0.2, 0.25) is 21.8 Å². The second kappa shape index (κ2) is 14.1. The number of carbonyl (C=O) groups is 2. The highest BCUT2D eigenvalue weighted by Crippen LogP contribution is 2.27. The molecule has 0 saturated heterocycles. The molecule has 0 aliphatic heterocycles. The van der Waals surface area contributed by atoms with Crippen LogP contribution in [0.25, 0.3) is 0 Å². The van der Waals surface area contributed by atoms with Gasteiger partial charge in [0, 0.05) is 41.7 Å². The number of rotatable bonds is 12. The number of hydrogen-bond acceptors (Lipinski definition) is 4. The zero-order valence-corrected chi connectivity index (χ0v) is 25.4. The fourth-order valence-electron chi connectivity index (χ4n) is 4.11. The summed E-state index contributed by atoms with van der Waals surface area (Å²) in [6.45, 7) is 5.13. The SMILES string of the molecule is CC[C@@H](C)NC(=O)[C@@H](Cc1ccccc1)N(Cc1c(Cl)cccc1Cl)C(=O)CN(C)S(=O)(=O)c1ccc(C)cc1. The van der Waals surface area contributed by atoms with Gasteiger partial charge in [-0.1, -0.05) is 84.2 Å². The van der Waals surface area contributed by atoms with Crippen LogP contribution in [-0.2, 0) is 32.6 Å². The van der Waals surface area contributed by atoms with Gasteiger partial charge in [-0.3, -0.25) is 9.59 Å². The number of aryl methyl sites for hydroxylation is 1. The quantitative estimate of drug-likeness (QED) is 0.297. The Bertz CT molecular complexity index is 1400. The fourth-order valence-corrected chi connectivity index (χ4v) is 5.74. The summed E-state index contributed by atoms with van der Waals surface area (Å²) in [5, 5.41) is 3.66. The number of hydrogen-bond donors (Lipinski definition) is 1.